The molecule has 0 aromatic carbocycles. The highest BCUT2D eigenvalue weighted by molar-refractivity contribution is 7.13. The second kappa shape index (κ2) is 5.81. The Bertz CT molecular complexity index is 329. The smallest absolute Gasteiger partial charge is 0.321 e. The highest BCUT2D eigenvalue weighted by Crippen LogP contribution is 2.13. The molecule has 16 heavy (non-hydrogen) atoms. The molecule has 2 amide bonds. The average molecular weight is 243 g/mol. The lowest BCUT2D eigenvalue weighted by Gasteiger charge is -2.28. The summed E-state index contributed by atoms with van der Waals surface area (Å²) in [7, 11) is 0. The topological polar surface area (TPSA) is 74.2 Å². The van der Waals surface area contributed by atoms with E-state index < -0.39 is 5.54 Å². The molecule has 1 rings (SSSR count). The molecule has 0 saturated carbocycles. The minimum atomic E-state index is -0.573. The fourth-order valence-corrected chi connectivity index (χ4v) is 1.94. The Morgan fingerprint density at radius 2 is 2.44 bits per heavy atom. The molecule has 3 N–H and O–H groups in total. The Morgan fingerprint density at radius 1 is 1.69 bits per heavy atom. The van der Waals surface area contributed by atoms with Gasteiger partial charge in [-0.15, -0.1) is 11.3 Å². The van der Waals surface area contributed by atoms with Crippen molar-refractivity contribution in [3.05, 3.63) is 11.6 Å². The van der Waals surface area contributed by atoms with Gasteiger partial charge in [0, 0.05) is 11.6 Å². The molecule has 0 aliphatic carbocycles. The van der Waals surface area contributed by atoms with E-state index in [4.69, 9.17) is 0 Å². The van der Waals surface area contributed by atoms with Crippen molar-refractivity contribution in [1.29, 1.82) is 0 Å². The fraction of sp³-hybridized carbons (Fsp3) is 0.600. The summed E-state index contributed by atoms with van der Waals surface area (Å²) in [5.74, 6) is 0. The Kier molecular flexibility index (Phi) is 4.70. The molecular formula is C10H17N3O2S. The van der Waals surface area contributed by atoms with Crippen molar-refractivity contribution in [1.82, 2.24) is 10.3 Å². The molecule has 5 nitrogen and oxygen atoms in total. The molecule has 0 spiro atoms. The number of aliphatic hydroxyl groups excluding tert-OH is 1. The van der Waals surface area contributed by atoms with E-state index in [-0.39, 0.29) is 12.6 Å². The van der Waals surface area contributed by atoms with Gasteiger partial charge in [0.05, 0.1) is 12.1 Å². The first-order valence-electron chi connectivity index (χ1n) is 5.19. The predicted octanol–water partition coefficient (Wildman–Crippen LogP) is 1.82. The van der Waals surface area contributed by atoms with Crippen molar-refractivity contribution in [3.8, 4) is 0 Å². The van der Waals surface area contributed by atoms with Gasteiger partial charge in [0.2, 0.25) is 0 Å². The van der Waals surface area contributed by atoms with Gasteiger partial charge in [0.15, 0.2) is 5.13 Å². The summed E-state index contributed by atoms with van der Waals surface area (Å²) in [5, 5.41) is 16.9. The number of hydrogen-bond acceptors (Lipinski definition) is 4. The minimum Gasteiger partial charge on any atom is -0.394 e. The second-order valence-corrected chi connectivity index (χ2v) is 4.78. The fourth-order valence-electron chi connectivity index (χ4n) is 1.42. The Hall–Kier alpha value is -1.14. The van der Waals surface area contributed by atoms with Crippen LogP contribution in [0.1, 0.15) is 26.7 Å². The highest BCUT2D eigenvalue weighted by atomic mass is 32.1. The van der Waals surface area contributed by atoms with Gasteiger partial charge in [-0.25, -0.2) is 9.78 Å². The number of carbonyl (C=O) groups excluding carboxylic acids is 1. The number of nitrogens with one attached hydrogen (secondary N) is 2. The molecule has 6 heteroatoms. The largest absolute Gasteiger partial charge is 0.394 e. The van der Waals surface area contributed by atoms with E-state index >= 15 is 0 Å². The summed E-state index contributed by atoms with van der Waals surface area (Å²) in [6.07, 6.45) is 3.25. The molecule has 0 saturated heterocycles. The maximum atomic E-state index is 11.6. The van der Waals surface area contributed by atoms with Gasteiger partial charge >= 0.3 is 6.03 Å². The first-order valence-corrected chi connectivity index (χ1v) is 6.07. The quantitative estimate of drug-likeness (QED) is 0.738. The Balaban J connectivity index is 2.49. The van der Waals surface area contributed by atoms with Crippen LogP contribution in [0.2, 0.25) is 0 Å². The molecule has 1 unspecified atom stereocenters. The van der Waals surface area contributed by atoms with Crippen molar-refractivity contribution in [2.24, 2.45) is 0 Å². The summed E-state index contributed by atoms with van der Waals surface area (Å²) in [6.45, 7) is 3.75. The van der Waals surface area contributed by atoms with Gasteiger partial charge in [-0.2, -0.15) is 0 Å². The zero-order chi connectivity index (χ0) is 12.0. The van der Waals surface area contributed by atoms with E-state index in [1.165, 1.54) is 11.3 Å². The maximum Gasteiger partial charge on any atom is 0.321 e. The van der Waals surface area contributed by atoms with E-state index in [0.29, 0.717) is 5.13 Å². The first-order chi connectivity index (χ1) is 7.59. The van der Waals surface area contributed by atoms with Gasteiger partial charge in [-0.3, -0.25) is 5.32 Å². The number of aliphatic hydroxyl groups is 1. The van der Waals surface area contributed by atoms with Gasteiger partial charge in [0.25, 0.3) is 0 Å². The molecule has 1 heterocycles. The van der Waals surface area contributed by atoms with E-state index in [1.807, 2.05) is 13.8 Å². The summed E-state index contributed by atoms with van der Waals surface area (Å²) in [4.78, 5) is 15.5. The third-order valence-corrected chi connectivity index (χ3v) is 2.91. The van der Waals surface area contributed by atoms with Crippen molar-refractivity contribution < 1.29 is 9.90 Å². The molecule has 1 atom stereocenters. The van der Waals surface area contributed by atoms with Crippen LogP contribution in [0.4, 0.5) is 9.93 Å². The zero-order valence-electron chi connectivity index (χ0n) is 9.49. The van der Waals surface area contributed by atoms with Crippen molar-refractivity contribution in [2.45, 2.75) is 32.2 Å². The van der Waals surface area contributed by atoms with E-state index in [9.17, 15) is 9.90 Å². The van der Waals surface area contributed by atoms with Crippen LogP contribution >= 0.6 is 11.3 Å². The monoisotopic (exact) mass is 243 g/mol. The first kappa shape index (κ1) is 12.9. The number of thiazole rings is 1. The van der Waals surface area contributed by atoms with Crippen molar-refractivity contribution in [3.63, 3.8) is 0 Å². The van der Waals surface area contributed by atoms with Crippen LogP contribution in [-0.4, -0.2) is 28.3 Å². The van der Waals surface area contributed by atoms with Crippen LogP contribution in [0.3, 0.4) is 0 Å². The molecule has 0 fully saturated rings. The third-order valence-electron chi connectivity index (χ3n) is 2.22. The van der Waals surface area contributed by atoms with Crippen LogP contribution in [-0.2, 0) is 0 Å². The predicted molar refractivity (Wildman–Crippen MR) is 64.7 cm³/mol. The SMILES string of the molecule is CCCC(C)(CO)NC(=O)Nc1nccs1. The van der Waals surface area contributed by atoms with Crippen LogP contribution in [0.15, 0.2) is 11.6 Å². The van der Waals surface area contributed by atoms with Gasteiger partial charge < -0.3 is 10.4 Å². The van der Waals surface area contributed by atoms with E-state index in [2.05, 4.69) is 15.6 Å². The Morgan fingerprint density at radius 3 is 2.94 bits per heavy atom. The number of urea groups is 1. The zero-order valence-corrected chi connectivity index (χ0v) is 10.3. The average Bonchev–Trinajstić information content (AvgIpc) is 2.70. The molecular weight excluding hydrogens is 226 g/mol. The van der Waals surface area contributed by atoms with Crippen LogP contribution in [0.5, 0.6) is 0 Å². The number of nitrogens with zero attached hydrogens (tertiary/aromatic N) is 1. The van der Waals surface area contributed by atoms with Crippen LogP contribution < -0.4 is 10.6 Å². The van der Waals surface area contributed by atoms with Gasteiger partial charge in [-0.1, -0.05) is 13.3 Å². The standard InChI is InChI=1S/C10H17N3O2S/c1-3-4-10(2,7-14)13-8(15)12-9-11-5-6-16-9/h5-6,14H,3-4,7H2,1-2H3,(H2,11,12,13,15). The summed E-state index contributed by atoms with van der Waals surface area (Å²) < 4.78 is 0. The normalized spacial score (nSPS) is 14.2. The highest BCUT2D eigenvalue weighted by Gasteiger charge is 2.24. The summed E-state index contributed by atoms with van der Waals surface area (Å²) >= 11 is 1.35. The van der Waals surface area contributed by atoms with E-state index in [1.54, 1.807) is 11.6 Å². The van der Waals surface area contributed by atoms with Crippen molar-refractivity contribution in [2.75, 3.05) is 11.9 Å². The van der Waals surface area contributed by atoms with Crippen LogP contribution in [0, 0.1) is 0 Å². The molecule has 1 aromatic rings. The summed E-state index contributed by atoms with van der Waals surface area (Å²) in [6, 6.07) is -0.333. The number of aromatic nitrogens is 1. The second-order valence-electron chi connectivity index (χ2n) is 3.89. The summed E-state index contributed by atoms with van der Waals surface area (Å²) in [5.41, 5.74) is -0.573. The molecule has 0 aliphatic heterocycles. The number of carbonyl (C=O) groups is 1. The molecule has 0 radical (unpaired) electrons. The molecule has 1 aromatic heterocycles. The molecule has 0 bridgehead atoms. The maximum absolute atomic E-state index is 11.6. The number of amides is 2. The molecule has 0 aliphatic rings. The number of hydrogen-bond donors (Lipinski definition) is 3. The lowest BCUT2D eigenvalue weighted by molar-refractivity contribution is 0.167. The van der Waals surface area contributed by atoms with Gasteiger partial charge in [-0.05, 0) is 13.3 Å². The van der Waals surface area contributed by atoms with Gasteiger partial charge in [0.1, 0.15) is 0 Å². The lowest BCUT2D eigenvalue weighted by atomic mass is 9.98. The number of rotatable bonds is 5. The van der Waals surface area contributed by atoms with Crippen molar-refractivity contribution >= 4 is 22.5 Å². The Labute approximate surface area is 98.9 Å². The molecule has 90 valence electrons. The minimum absolute atomic E-state index is 0.0773. The van der Waals surface area contributed by atoms with Crippen LogP contribution in [0.25, 0.3) is 0 Å². The van der Waals surface area contributed by atoms with E-state index in [0.717, 1.165) is 12.8 Å². The third kappa shape index (κ3) is 3.79. The number of anilines is 1. The lowest BCUT2D eigenvalue weighted by Crippen LogP contribution is -2.50.